The standard InChI is InChI=1S/C46H82O10/c1-3-5-7-9-11-13-15-17-18-19-20-21-22-23-25-27-29-31-33-35-42(49)55-39(38-54-46-45(52)44(51)43(50)40(36-47)56-46)37-53-41(48)34-32-30-28-26-24-16-14-12-10-8-6-4-2/h11-14,17-18,39-40,43-47,50-52H,3-10,15-16,19-38H2,1-2H3/b13-11+,14-12+,18-17+/t39-,40-,43+,44?,45?,46-/m1/s1. The van der Waals surface area contributed by atoms with Gasteiger partial charge in [-0.2, -0.15) is 0 Å². The summed E-state index contributed by atoms with van der Waals surface area (Å²) in [5, 5.41) is 40.0. The van der Waals surface area contributed by atoms with Crippen molar-refractivity contribution in [2.75, 3.05) is 19.8 Å². The molecule has 4 N–H and O–H groups in total. The molecule has 10 heteroatoms. The van der Waals surface area contributed by atoms with Crippen molar-refractivity contribution in [2.45, 2.75) is 224 Å². The zero-order chi connectivity index (χ0) is 40.9. The van der Waals surface area contributed by atoms with Crippen molar-refractivity contribution in [1.82, 2.24) is 0 Å². The Kier molecular flexibility index (Phi) is 34.5. The monoisotopic (exact) mass is 795 g/mol. The molecule has 1 aliphatic heterocycles. The second kappa shape index (κ2) is 37.2. The molecular weight excluding hydrogens is 712 g/mol. The molecule has 0 aromatic carbocycles. The van der Waals surface area contributed by atoms with Crippen LogP contribution in [-0.2, 0) is 28.5 Å². The lowest BCUT2D eigenvalue weighted by atomic mass is 9.99. The van der Waals surface area contributed by atoms with Crippen molar-refractivity contribution >= 4 is 11.9 Å². The maximum Gasteiger partial charge on any atom is 0.306 e. The van der Waals surface area contributed by atoms with Gasteiger partial charge in [-0.1, -0.05) is 140 Å². The van der Waals surface area contributed by atoms with Crippen LogP contribution >= 0.6 is 0 Å². The summed E-state index contributed by atoms with van der Waals surface area (Å²) < 4.78 is 22.1. The van der Waals surface area contributed by atoms with Crippen molar-refractivity contribution in [3.05, 3.63) is 36.5 Å². The van der Waals surface area contributed by atoms with Gasteiger partial charge in [-0.15, -0.1) is 0 Å². The van der Waals surface area contributed by atoms with Crippen molar-refractivity contribution < 1.29 is 49.0 Å². The van der Waals surface area contributed by atoms with Crippen LogP contribution in [0, 0.1) is 0 Å². The lowest BCUT2D eigenvalue weighted by molar-refractivity contribution is -0.305. The third-order valence-electron chi connectivity index (χ3n) is 10.2. The number of carbonyl (C=O) groups is 2. The van der Waals surface area contributed by atoms with E-state index in [9.17, 15) is 30.0 Å². The smallest absolute Gasteiger partial charge is 0.306 e. The van der Waals surface area contributed by atoms with Crippen molar-refractivity contribution in [3.8, 4) is 0 Å². The predicted octanol–water partition coefficient (Wildman–Crippen LogP) is 9.50. The Morgan fingerprint density at radius 1 is 0.554 bits per heavy atom. The van der Waals surface area contributed by atoms with Crippen molar-refractivity contribution in [2.24, 2.45) is 0 Å². The fourth-order valence-electron chi connectivity index (χ4n) is 6.62. The summed E-state index contributed by atoms with van der Waals surface area (Å²) >= 11 is 0. The van der Waals surface area contributed by atoms with E-state index in [0.717, 1.165) is 70.6 Å². The molecule has 0 saturated carbocycles. The molecule has 6 atom stereocenters. The minimum absolute atomic E-state index is 0.223. The van der Waals surface area contributed by atoms with Gasteiger partial charge in [-0.05, 0) is 70.6 Å². The van der Waals surface area contributed by atoms with Gasteiger partial charge >= 0.3 is 11.9 Å². The molecule has 1 aliphatic rings. The summed E-state index contributed by atoms with van der Waals surface area (Å²) in [6.07, 6.45) is 34.3. The Bertz CT molecular complexity index is 1010. The van der Waals surface area contributed by atoms with E-state index in [1.807, 2.05) is 0 Å². The van der Waals surface area contributed by atoms with E-state index < -0.39 is 49.4 Å². The molecule has 2 unspecified atom stereocenters. The van der Waals surface area contributed by atoms with Crippen molar-refractivity contribution in [1.29, 1.82) is 0 Å². The van der Waals surface area contributed by atoms with E-state index in [1.54, 1.807) is 0 Å². The van der Waals surface area contributed by atoms with E-state index in [-0.39, 0.29) is 32.0 Å². The number of rotatable bonds is 37. The summed E-state index contributed by atoms with van der Waals surface area (Å²) in [7, 11) is 0. The third kappa shape index (κ3) is 28.3. The molecule has 326 valence electrons. The maximum atomic E-state index is 12.8. The number of allylic oxidation sites excluding steroid dienone is 6. The number of esters is 2. The fourth-order valence-corrected chi connectivity index (χ4v) is 6.62. The highest BCUT2D eigenvalue weighted by atomic mass is 16.7. The first-order valence-electron chi connectivity index (χ1n) is 22.6. The first kappa shape index (κ1) is 51.9. The van der Waals surface area contributed by atoms with Crippen LogP contribution in [0.15, 0.2) is 36.5 Å². The van der Waals surface area contributed by atoms with Gasteiger partial charge in [0.2, 0.25) is 0 Å². The highest BCUT2D eigenvalue weighted by Crippen LogP contribution is 2.22. The van der Waals surface area contributed by atoms with Crippen LogP contribution in [-0.4, -0.2) is 89.0 Å². The number of hydrogen-bond acceptors (Lipinski definition) is 10. The number of carbonyl (C=O) groups excluding carboxylic acids is 2. The molecule has 0 spiro atoms. The largest absolute Gasteiger partial charge is 0.462 e. The Balaban J connectivity index is 2.32. The third-order valence-corrected chi connectivity index (χ3v) is 10.2. The molecule has 1 rings (SSSR count). The Hall–Kier alpha value is -2.08. The predicted molar refractivity (Wildman–Crippen MR) is 224 cm³/mol. The van der Waals surface area contributed by atoms with Crippen LogP contribution in [0.25, 0.3) is 0 Å². The van der Waals surface area contributed by atoms with E-state index in [2.05, 4.69) is 50.3 Å². The van der Waals surface area contributed by atoms with Gasteiger partial charge in [0, 0.05) is 12.8 Å². The van der Waals surface area contributed by atoms with Crippen LogP contribution in [0.3, 0.4) is 0 Å². The molecule has 0 amide bonds. The topological polar surface area (TPSA) is 152 Å². The summed E-state index contributed by atoms with van der Waals surface area (Å²) in [5.74, 6) is -0.821. The van der Waals surface area contributed by atoms with Crippen LogP contribution in [0.1, 0.15) is 187 Å². The maximum absolute atomic E-state index is 12.8. The van der Waals surface area contributed by atoms with E-state index in [4.69, 9.17) is 18.9 Å². The molecule has 0 aromatic heterocycles. The molecule has 1 fully saturated rings. The molecule has 0 aromatic rings. The van der Waals surface area contributed by atoms with Gasteiger partial charge in [-0.3, -0.25) is 9.59 Å². The Labute approximate surface area is 340 Å². The minimum atomic E-state index is -1.60. The lowest BCUT2D eigenvalue weighted by Gasteiger charge is -2.39. The summed E-state index contributed by atoms with van der Waals surface area (Å²) in [6.45, 7) is 3.36. The highest BCUT2D eigenvalue weighted by Gasteiger charge is 2.44. The second-order valence-electron chi connectivity index (χ2n) is 15.5. The second-order valence-corrected chi connectivity index (χ2v) is 15.5. The summed E-state index contributed by atoms with van der Waals surface area (Å²) in [6, 6.07) is 0. The van der Waals surface area contributed by atoms with Crippen LogP contribution in [0.5, 0.6) is 0 Å². The molecule has 1 heterocycles. The molecule has 0 bridgehead atoms. The molecule has 56 heavy (non-hydrogen) atoms. The zero-order valence-electron chi connectivity index (χ0n) is 35.4. The zero-order valence-corrected chi connectivity index (χ0v) is 35.4. The Morgan fingerprint density at radius 2 is 1.00 bits per heavy atom. The molecular formula is C46H82O10. The normalized spacial score (nSPS) is 20.7. The molecule has 0 aliphatic carbocycles. The molecule has 1 saturated heterocycles. The minimum Gasteiger partial charge on any atom is -0.462 e. The number of aliphatic hydroxyl groups is 4. The quantitative estimate of drug-likeness (QED) is 0.0272. The number of aliphatic hydroxyl groups excluding tert-OH is 4. The van der Waals surface area contributed by atoms with Crippen molar-refractivity contribution in [3.63, 3.8) is 0 Å². The van der Waals surface area contributed by atoms with Crippen LogP contribution < -0.4 is 0 Å². The molecule has 10 nitrogen and oxygen atoms in total. The summed E-state index contributed by atoms with van der Waals surface area (Å²) in [4.78, 5) is 25.3. The van der Waals surface area contributed by atoms with Crippen LogP contribution in [0.2, 0.25) is 0 Å². The lowest BCUT2D eigenvalue weighted by Crippen LogP contribution is -2.59. The molecule has 0 radical (unpaired) electrons. The first-order valence-corrected chi connectivity index (χ1v) is 22.6. The van der Waals surface area contributed by atoms with Gasteiger partial charge in [0.15, 0.2) is 12.4 Å². The van der Waals surface area contributed by atoms with E-state index in [0.29, 0.717) is 12.8 Å². The first-order chi connectivity index (χ1) is 27.3. The number of hydrogen-bond donors (Lipinski definition) is 4. The van der Waals surface area contributed by atoms with Gasteiger partial charge < -0.3 is 39.4 Å². The summed E-state index contributed by atoms with van der Waals surface area (Å²) in [5.41, 5.74) is 0. The van der Waals surface area contributed by atoms with Crippen LogP contribution in [0.4, 0.5) is 0 Å². The van der Waals surface area contributed by atoms with Gasteiger partial charge in [0.1, 0.15) is 31.0 Å². The number of unbranched alkanes of at least 4 members (excludes halogenated alkanes) is 20. The highest BCUT2D eigenvalue weighted by molar-refractivity contribution is 5.70. The van der Waals surface area contributed by atoms with Gasteiger partial charge in [-0.25, -0.2) is 0 Å². The van der Waals surface area contributed by atoms with Gasteiger partial charge in [0.25, 0.3) is 0 Å². The Morgan fingerprint density at radius 3 is 1.50 bits per heavy atom. The number of ether oxygens (including phenoxy) is 4. The van der Waals surface area contributed by atoms with E-state index >= 15 is 0 Å². The fraction of sp³-hybridized carbons (Fsp3) is 0.826. The van der Waals surface area contributed by atoms with Gasteiger partial charge in [0.05, 0.1) is 13.2 Å². The van der Waals surface area contributed by atoms with E-state index in [1.165, 1.54) is 77.0 Å². The average molecular weight is 795 g/mol. The average Bonchev–Trinajstić information content (AvgIpc) is 3.19. The SMILES string of the molecule is CCCCC/C=C/C/C=C/CCCCCCCCCCCC(=O)O[C@H](COC(=O)CCCCCCC/C=C/CCCCC)CO[C@@H]1O[C@H](CO)[C@H](O)C(O)C1O.